The summed E-state index contributed by atoms with van der Waals surface area (Å²) in [5, 5.41) is 0.785. The second-order valence-corrected chi connectivity index (χ2v) is 5.40. The molecule has 88 valence electrons. The first kappa shape index (κ1) is 12.3. The van der Waals surface area contributed by atoms with Gasteiger partial charge in [-0.25, -0.2) is 0 Å². The Morgan fingerprint density at radius 3 is 2.76 bits per heavy atom. The fourth-order valence-corrected chi connectivity index (χ4v) is 2.79. The van der Waals surface area contributed by atoms with Gasteiger partial charge in [0.05, 0.1) is 0 Å². The van der Waals surface area contributed by atoms with E-state index < -0.39 is 0 Å². The van der Waals surface area contributed by atoms with E-state index in [1.165, 1.54) is 16.0 Å². The van der Waals surface area contributed by atoms with Crippen LogP contribution in [0.25, 0.3) is 0 Å². The van der Waals surface area contributed by atoms with Gasteiger partial charge in [-0.2, -0.15) is 0 Å². The molecule has 1 nitrogen and oxygen atoms in total. The van der Waals surface area contributed by atoms with Crippen LogP contribution >= 0.6 is 23.4 Å². The third kappa shape index (κ3) is 3.42. The third-order valence-corrected chi connectivity index (χ3v) is 3.96. The van der Waals surface area contributed by atoms with Gasteiger partial charge >= 0.3 is 0 Å². The normalized spacial score (nSPS) is 10.5. The molecule has 0 aliphatic heterocycles. The van der Waals surface area contributed by atoms with Crippen LogP contribution in [0.3, 0.4) is 0 Å². The quantitative estimate of drug-likeness (QED) is 0.651. The fourth-order valence-electron chi connectivity index (χ4n) is 1.56. The SMILES string of the molecule is Cc1ccc(N)cc1SCc1cccc(Cl)c1. The van der Waals surface area contributed by atoms with Crippen LogP contribution in [-0.2, 0) is 5.75 Å². The standard InChI is InChI=1S/C14H14ClNS/c1-10-5-6-13(16)8-14(10)17-9-11-3-2-4-12(15)7-11/h2-8H,9,16H2,1H3. The summed E-state index contributed by atoms with van der Waals surface area (Å²) in [6.07, 6.45) is 0. The lowest BCUT2D eigenvalue weighted by atomic mass is 10.2. The molecule has 0 amide bonds. The number of nitrogens with two attached hydrogens (primary N) is 1. The molecular weight excluding hydrogens is 250 g/mol. The molecule has 2 aromatic rings. The van der Waals surface area contributed by atoms with Crippen molar-refractivity contribution in [3.05, 3.63) is 58.6 Å². The number of nitrogen functional groups attached to an aromatic ring is 1. The lowest BCUT2D eigenvalue weighted by Gasteiger charge is -2.07. The van der Waals surface area contributed by atoms with Gasteiger partial charge in [0.25, 0.3) is 0 Å². The predicted molar refractivity (Wildman–Crippen MR) is 76.6 cm³/mol. The van der Waals surface area contributed by atoms with Gasteiger partial charge in [-0.3, -0.25) is 0 Å². The zero-order chi connectivity index (χ0) is 12.3. The van der Waals surface area contributed by atoms with Gasteiger partial charge in [0.2, 0.25) is 0 Å². The monoisotopic (exact) mass is 263 g/mol. The number of hydrogen-bond donors (Lipinski definition) is 1. The van der Waals surface area contributed by atoms with Crippen molar-refractivity contribution < 1.29 is 0 Å². The minimum absolute atomic E-state index is 0.785. The molecule has 0 heterocycles. The first-order valence-corrected chi connectivity index (χ1v) is 6.75. The zero-order valence-corrected chi connectivity index (χ0v) is 11.2. The zero-order valence-electron chi connectivity index (χ0n) is 9.61. The van der Waals surface area contributed by atoms with Crippen molar-refractivity contribution in [1.29, 1.82) is 0 Å². The van der Waals surface area contributed by atoms with Crippen molar-refractivity contribution in [2.75, 3.05) is 5.73 Å². The van der Waals surface area contributed by atoms with Crippen LogP contribution in [0.5, 0.6) is 0 Å². The van der Waals surface area contributed by atoms with Gasteiger partial charge < -0.3 is 5.73 Å². The molecule has 0 unspecified atom stereocenters. The molecule has 0 spiro atoms. The second kappa shape index (κ2) is 5.48. The maximum atomic E-state index is 5.95. The smallest absolute Gasteiger partial charge is 0.0409 e. The van der Waals surface area contributed by atoms with Crippen LogP contribution in [-0.4, -0.2) is 0 Å². The summed E-state index contributed by atoms with van der Waals surface area (Å²) in [5.41, 5.74) is 9.08. The summed E-state index contributed by atoms with van der Waals surface area (Å²) in [5.74, 6) is 0.908. The third-order valence-electron chi connectivity index (χ3n) is 2.50. The average molecular weight is 264 g/mol. The van der Waals surface area contributed by atoms with E-state index in [2.05, 4.69) is 19.1 Å². The van der Waals surface area contributed by atoms with E-state index in [9.17, 15) is 0 Å². The van der Waals surface area contributed by atoms with Crippen molar-refractivity contribution >= 4 is 29.1 Å². The predicted octanol–water partition coefficient (Wildman–Crippen LogP) is 4.52. The van der Waals surface area contributed by atoms with Crippen LogP contribution in [0.1, 0.15) is 11.1 Å². The molecule has 2 N–H and O–H groups in total. The Morgan fingerprint density at radius 2 is 2.00 bits per heavy atom. The van der Waals surface area contributed by atoms with E-state index in [-0.39, 0.29) is 0 Å². The number of rotatable bonds is 3. The van der Waals surface area contributed by atoms with Crippen molar-refractivity contribution in [2.24, 2.45) is 0 Å². The number of aryl methyl sites for hydroxylation is 1. The number of hydrogen-bond acceptors (Lipinski definition) is 2. The number of benzene rings is 2. The van der Waals surface area contributed by atoms with Crippen LogP contribution in [0.2, 0.25) is 5.02 Å². The highest BCUT2D eigenvalue weighted by Crippen LogP contribution is 2.28. The first-order valence-electron chi connectivity index (χ1n) is 5.38. The minimum atomic E-state index is 0.785. The number of anilines is 1. The molecule has 0 saturated heterocycles. The fraction of sp³-hybridized carbons (Fsp3) is 0.143. The van der Waals surface area contributed by atoms with Gasteiger partial charge in [0, 0.05) is 21.4 Å². The molecule has 2 rings (SSSR count). The van der Waals surface area contributed by atoms with E-state index in [0.29, 0.717) is 0 Å². The van der Waals surface area contributed by atoms with E-state index in [1.807, 2.05) is 30.3 Å². The maximum Gasteiger partial charge on any atom is 0.0409 e. The lowest BCUT2D eigenvalue weighted by Crippen LogP contribution is -1.88. The summed E-state index contributed by atoms with van der Waals surface area (Å²) in [6.45, 7) is 2.10. The van der Waals surface area contributed by atoms with E-state index in [0.717, 1.165) is 16.5 Å². The Labute approximate surface area is 111 Å². The van der Waals surface area contributed by atoms with Crippen molar-refractivity contribution in [2.45, 2.75) is 17.6 Å². The number of thioether (sulfide) groups is 1. The summed E-state index contributed by atoms with van der Waals surface area (Å²) in [6, 6.07) is 13.9. The highest BCUT2D eigenvalue weighted by molar-refractivity contribution is 7.98. The first-order chi connectivity index (χ1) is 8.15. The lowest BCUT2D eigenvalue weighted by molar-refractivity contribution is 1.29. The number of halogens is 1. The van der Waals surface area contributed by atoms with Crippen LogP contribution < -0.4 is 5.73 Å². The molecule has 0 bridgehead atoms. The molecule has 0 aliphatic carbocycles. The van der Waals surface area contributed by atoms with Crippen LogP contribution in [0, 0.1) is 6.92 Å². The van der Waals surface area contributed by atoms with Crippen molar-refractivity contribution in [1.82, 2.24) is 0 Å². The molecule has 0 aliphatic rings. The Hall–Kier alpha value is -1.12. The Bertz CT molecular complexity index is 525. The minimum Gasteiger partial charge on any atom is -0.399 e. The Morgan fingerprint density at radius 1 is 1.18 bits per heavy atom. The van der Waals surface area contributed by atoms with E-state index >= 15 is 0 Å². The highest BCUT2D eigenvalue weighted by atomic mass is 35.5. The van der Waals surface area contributed by atoms with Gasteiger partial charge in [-0.05, 0) is 42.3 Å². The van der Waals surface area contributed by atoms with Gasteiger partial charge in [0.15, 0.2) is 0 Å². The molecule has 0 atom stereocenters. The molecule has 0 radical (unpaired) electrons. The van der Waals surface area contributed by atoms with E-state index in [4.69, 9.17) is 17.3 Å². The summed E-state index contributed by atoms with van der Waals surface area (Å²) < 4.78 is 0. The van der Waals surface area contributed by atoms with Crippen molar-refractivity contribution in [3.8, 4) is 0 Å². The second-order valence-electron chi connectivity index (χ2n) is 3.94. The average Bonchev–Trinajstić information content (AvgIpc) is 2.30. The van der Waals surface area contributed by atoms with Crippen LogP contribution in [0.15, 0.2) is 47.4 Å². The summed E-state index contributed by atoms with van der Waals surface area (Å²) in [7, 11) is 0. The van der Waals surface area contributed by atoms with Gasteiger partial charge in [-0.15, -0.1) is 11.8 Å². The maximum absolute atomic E-state index is 5.95. The Balaban J connectivity index is 2.09. The molecule has 2 aromatic carbocycles. The molecule has 0 aromatic heterocycles. The molecular formula is C14H14ClNS. The highest BCUT2D eigenvalue weighted by Gasteiger charge is 2.01. The van der Waals surface area contributed by atoms with Gasteiger partial charge in [-0.1, -0.05) is 29.8 Å². The topological polar surface area (TPSA) is 26.0 Å². The summed E-state index contributed by atoms with van der Waals surface area (Å²) >= 11 is 7.74. The molecule has 17 heavy (non-hydrogen) atoms. The van der Waals surface area contributed by atoms with Crippen LogP contribution in [0.4, 0.5) is 5.69 Å². The molecule has 0 saturated carbocycles. The Kier molecular flexibility index (Phi) is 3.97. The molecule has 3 heteroatoms. The largest absolute Gasteiger partial charge is 0.399 e. The van der Waals surface area contributed by atoms with Crippen molar-refractivity contribution in [3.63, 3.8) is 0 Å². The van der Waals surface area contributed by atoms with E-state index in [1.54, 1.807) is 11.8 Å². The molecule has 0 fully saturated rings. The summed E-state index contributed by atoms with van der Waals surface area (Å²) in [4.78, 5) is 1.23. The van der Waals surface area contributed by atoms with Gasteiger partial charge in [0.1, 0.15) is 0 Å².